The molecule has 4 nitrogen and oxygen atoms in total. The topological polar surface area (TPSA) is 38.2 Å². The summed E-state index contributed by atoms with van der Waals surface area (Å²) in [5.41, 5.74) is 2.59. The van der Waals surface area contributed by atoms with E-state index >= 15 is 0 Å². The number of rotatable bonds is 8. The number of hydrogen-bond acceptors (Lipinski definition) is 4. The van der Waals surface area contributed by atoms with Crippen LogP contribution in [-0.2, 0) is 12.8 Å². The Balaban J connectivity index is 2.24. The lowest BCUT2D eigenvalue weighted by Gasteiger charge is -2.24. The van der Waals surface area contributed by atoms with Crippen molar-refractivity contribution in [3.8, 4) is 6.01 Å². The van der Waals surface area contributed by atoms with Crippen molar-refractivity contribution in [1.29, 1.82) is 0 Å². The lowest BCUT2D eigenvalue weighted by molar-refractivity contribution is 0.281. The Hall–Kier alpha value is -1.32. The minimum Gasteiger partial charge on any atom is -0.463 e. The van der Waals surface area contributed by atoms with Crippen LogP contribution in [0.3, 0.4) is 0 Å². The van der Waals surface area contributed by atoms with Gasteiger partial charge in [0.05, 0.1) is 12.3 Å². The van der Waals surface area contributed by atoms with Crippen LogP contribution in [0.25, 0.3) is 0 Å². The van der Waals surface area contributed by atoms with Crippen LogP contribution in [0.2, 0.25) is 0 Å². The Morgan fingerprint density at radius 3 is 2.45 bits per heavy atom. The number of fused-ring (bicyclic) bond motifs is 1. The number of aryl methyl sites for hydroxylation is 1. The van der Waals surface area contributed by atoms with E-state index in [1.165, 1.54) is 43.4 Å². The molecule has 0 aromatic carbocycles. The SMILES string of the molecule is CCCCCOc1nc2c(c(N(CC)CC)n1)CCCCC2. The number of ether oxygens (including phenoxy) is 1. The third-order valence-electron chi connectivity index (χ3n) is 4.43. The normalized spacial score (nSPS) is 14.3. The molecule has 2 rings (SSSR count). The van der Waals surface area contributed by atoms with Crippen LogP contribution in [0.5, 0.6) is 6.01 Å². The van der Waals surface area contributed by atoms with Crippen LogP contribution in [0.15, 0.2) is 0 Å². The quantitative estimate of drug-likeness (QED) is 0.534. The second-order valence-electron chi connectivity index (χ2n) is 6.04. The minimum atomic E-state index is 0.582. The molecule has 124 valence electrons. The van der Waals surface area contributed by atoms with E-state index in [9.17, 15) is 0 Å². The molecule has 0 atom stereocenters. The van der Waals surface area contributed by atoms with Crippen molar-refractivity contribution in [2.75, 3.05) is 24.6 Å². The van der Waals surface area contributed by atoms with Crippen molar-refractivity contribution in [3.05, 3.63) is 11.3 Å². The highest BCUT2D eigenvalue weighted by Gasteiger charge is 2.20. The Morgan fingerprint density at radius 1 is 0.955 bits per heavy atom. The molecule has 0 unspecified atom stereocenters. The van der Waals surface area contributed by atoms with Crippen molar-refractivity contribution in [2.24, 2.45) is 0 Å². The lowest BCUT2D eigenvalue weighted by atomic mass is 10.1. The molecule has 0 amide bonds. The molecule has 0 N–H and O–H groups in total. The Labute approximate surface area is 135 Å². The van der Waals surface area contributed by atoms with Gasteiger partial charge in [-0.25, -0.2) is 0 Å². The molecule has 1 aromatic rings. The molecule has 22 heavy (non-hydrogen) atoms. The van der Waals surface area contributed by atoms with Gasteiger partial charge in [0.15, 0.2) is 0 Å². The van der Waals surface area contributed by atoms with E-state index in [0.29, 0.717) is 6.01 Å². The molecule has 4 heteroatoms. The van der Waals surface area contributed by atoms with E-state index in [4.69, 9.17) is 14.7 Å². The number of hydrogen-bond donors (Lipinski definition) is 0. The van der Waals surface area contributed by atoms with Gasteiger partial charge < -0.3 is 9.64 Å². The molecule has 0 aliphatic heterocycles. The highest BCUT2D eigenvalue weighted by atomic mass is 16.5. The molecule has 0 saturated heterocycles. The van der Waals surface area contributed by atoms with E-state index in [2.05, 4.69) is 25.7 Å². The minimum absolute atomic E-state index is 0.582. The largest absolute Gasteiger partial charge is 0.463 e. The predicted octanol–water partition coefficient (Wildman–Crippen LogP) is 4.16. The zero-order valence-corrected chi connectivity index (χ0v) is 14.5. The summed E-state index contributed by atoms with van der Waals surface area (Å²) in [4.78, 5) is 11.8. The molecular formula is C18H31N3O. The average molecular weight is 305 g/mol. The molecule has 0 radical (unpaired) electrons. The summed E-state index contributed by atoms with van der Waals surface area (Å²) in [5.74, 6) is 1.11. The average Bonchev–Trinajstić information content (AvgIpc) is 2.78. The molecule has 1 heterocycles. The smallest absolute Gasteiger partial charge is 0.318 e. The molecular weight excluding hydrogens is 274 g/mol. The zero-order valence-electron chi connectivity index (χ0n) is 14.5. The highest BCUT2D eigenvalue weighted by molar-refractivity contribution is 5.50. The van der Waals surface area contributed by atoms with Gasteiger partial charge in [0, 0.05) is 18.7 Å². The maximum Gasteiger partial charge on any atom is 0.318 e. The van der Waals surface area contributed by atoms with Crippen molar-refractivity contribution in [1.82, 2.24) is 9.97 Å². The van der Waals surface area contributed by atoms with E-state index < -0.39 is 0 Å². The Morgan fingerprint density at radius 2 is 1.73 bits per heavy atom. The maximum atomic E-state index is 5.85. The zero-order chi connectivity index (χ0) is 15.8. The van der Waals surface area contributed by atoms with Crippen molar-refractivity contribution in [3.63, 3.8) is 0 Å². The van der Waals surface area contributed by atoms with Crippen molar-refractivity contribution < 1.29 is 4.74 Å². The Kier molecular flexibility index (Phi) is 6.94. The first-order valence-corrected chi connectivity index (χ1v) is 9.07. The predicted molar refractivity (Wildman–Crippen MR) is 91.9 cm³/mol. The van der Waals surface area contributed by atoms with Gasteiger partial charge in [-0.15, -0.1) is 0 Å². The second-order valence-corrected chi connectivity index (χ2v) is 6.04. The first-order chi connectivity index (χ1) is 10.8. The monoisotopic (exact) mass is 305 g/mol. The van der Waals surface area contributed by atoms with Gasteiger partial charge in [0.1, 0.15) is 5.82 Å². The van der Waals surface area contributed by atoms with E-state index in [1.807, 2.05) is 0 Å². The van der Waals surface area contributed by atoms with Crippen LogP contribution in [-0.4, -0.2) is 29.7 Å². The van der Waals surface area contributed by atoms with Gasteiger partial charge in [0.2, 0.25) is 0 Å². The van der Waals surface area contributed by atoms with Gasteiger partial charge in [-0.2, -0.15) is 9.97 Å². The molecule has 1 aliphatic rings. The molecule has 0 fully saturated rings. The molecule has 0 spiro atoms. The third kappa shape index (κ3) is 4.34. The van der Waals surface area contributed by atoms with Crippen LogP contribution in [0, 0.1) is 0 Å². The molecule has 1 aromatic heterocycles. The van der Waals surface area contributed by atoms with Gasteiger partial charge >= 0.3 is 6.01 Å². The van der Waals surface area contributed by atoms with Gasteiger partial charge in [0.25, 0.3) is 0 Å². The van der Waals surface area contributed by atoms with Crippen LogP contribution >= 0.6 is 0 Å². The maximum absolute atomic E-state index is 5.85. The second kappa shape index (κ2) is 8.96. The van der Waals surface area contributed by atoms with Crippen LogP contribution in [0.1, 0.15) is 70.6 Å². The standard InChI is InChI=1S/C18H31N3O/c1-4-7-11-14-22-18-19-16-13-10-8-9-12-15(16)17(20-18)21(5-2)6-3/h4-14H2,1-3H3. The van der Waals surface area contributed by atoms with Crippen LogP contribution in [0.4, 0.5) is 5.82 Å². The van der Waals surface area contributed by atoms with E-state index in [1.54, 1.807) is 0 Å². The Bertz CT molecular complexity index is 458. The lowest BCUT2D eigenvalue weighted by Crippen LogP contribution is -2.25. The van der Waals surface area contributed by atoms with Crippen molar-refractivity contribution in [2.45, 2.75) is 72.1 Å². The summed E-state index contributed by atoms with van der Waals surface area (Å²) in [6.07, 6.45) is 9.44. The summed E-state index contributed by atoms with van der Waals surface area (Å²) in [6, 6.07) is 0.582. The fourth-order valence-corrected chi connectivity index (χ4v) is 3.09. The molecule has 0 bridgehead atoms. The third-order valence-corrected chi connectivity index (χ3v) is 4.43. The van der Waals surface area contributed by atoms with E-state index in [0.717, 1.165) is 44.8 Å². The molecule has 1 aliphatic carbocycles. The van der Waals surface area contributed by atoms with E-state index in [-0.39, 0.29) is 0 Å². The first-order valence-electron chi connectivity index (χ1n) is 9.07. The van der Waals surface area contributed by atoms with Gasteiger partial charge in [-0.1, -0.05) is 26.2 Å². The fraction of sp³-hybridized carbons (Fsp3) is 0.778. The number of anilines is 1. The summed E-state index contributed by atoms with van der Waals surface area (Å²) in [6.45, 7) is 9.28. The number of nitrogens with zero attached hydrogens (tertiary/aromatic N) is 3. The summed E-state index contributed by atoms with van der Waals surface area (Å²) in [5, 5.41) is 0. The fourth-order valence-electron chi connectivity index (χ4n) is 3.09. The number of aromatic nitrogens is 2. The van der Waals surface area contributed by atoms with Gasteiger partial charge in [-0.3, -0.25) is 0 Å². The van der Waals surface area contributed by atoms with Crippen LogP contribution < -0.4 is 9.64 Å². The summed E-state index contributed by atoms with van der Waals surface area (Å²) < 4.78 is 5.85. The summed E-state index contributed by atoms with van der Waals surface area (Å²) >= 11 is 0. The van der Waals surface area contributed by atoms with Crippen molar-refractivity contribution >= 4 is 5.82 Å². The highest BCUT2D eigenvalue weighted by Crippen LogP contribution is 2.29. The molecule has 0 saturated carbocycles. The number of unbranched alkanes of at least 4 members (excludes halogenated alkanes) is 2. The summed E-state index contributed by atoms with van der Waals surface area (Å²) in [7, 11) is 0. The van der Waals surface area contributed by atoms with Gasteiger partial charge in [-0.05, 0) is 46.0 Å². The first kappa shape index (κ1) is 17.0.